The SMILES string of the molecule is CCOc1ccccc1NC(=O)NCc1cccc(NC(C)=O)c1. The highest BCUT2D eigenvalue weighted by atomic mass is 16.5. The highest BCUT2D eigenvalue weighted by Crippen LogP contribution is 2.23. The second kappa shape index (κ2) is 8.57. The lowest BCUT2D eigenvalue weighted by Gasteiger charge is -2.12. The number of hydrogen-bond acceptors (Lipinski definition) is 3. The molecule has 2 aromatic carbocycles. The van der Waals surface area contributed by atoms with Crippen molar-refractivity contribution >= 4 is 23.3 Å². The minimum atomic E-state index is -0.327. The average molecular weight is 327 g/mol. The maximum absolute atomic E-state index is 12.1. The van der Waals surface area contributed by atoms with E-state index in [1.807, 2.05) is 37.3 Å². The van der Waals surface area contributed by atoms with Crippen molar-refractivity contribution in [2.75, 3.05) is 17.2 Å². The van der Waals surface area contributed by atoms with Crippen molar-refractivity contribution in [1.82, 2.24) is 5.32 Å². The molecule has 0 aliphatic carbocycles. The number of nitrogens with one attached hydrogen (secondary N) is 3. The zero-order valence-corrected chi connectivity index (χ0v) is 13.8. The van der Waals surface area contributed by atoms with Crippen LogP contribution >= 0.6 is 0 Å². The molecule has 24 heavy (non-hydrogen) atoms. The van der Waals surface area contributed by atoms with Crippen molar-refractivity contribution in [3.8, 4) is 5.75 Å². The zero-order valence-electron chi connectivity index (χ0n) is 13.8. The molecular formula is C18H21N3O3. The van der Waals surface area contributed by atoms with Gasteiger partial charge in [0.25, 0.3) is 0 Å². The molecule has 0 spiro atoms. The first kappa shape index (κ1) is 17.3. The van der Waals surface area contributed by atoms with Crippen LogP contribution in [0.25, 0.3) is 0 Å². The van der Waals surface area contributed by atoms with Crippen LogP contribution in [0, 0.1) is 0 Å². The van der Waals surface area contributed by atoms with E-state index in [0.717, 1.165) is 5.56 Å². The molecule has 0 unspecified atom stereocenters. The van der Waals surface area contributed by atoms with E-state index in [0.29, 0.717) is 30.3 Å². The number of urea groups is 1. The number of rotatable bonds is 6. The first-order valence-corrected chi connectivity index (χ1v) is 7.71. The lowest BCUT2D eigenvalue weighted by atomic mass is 10.2. The smallest absolute Gasteiger partial charge is 0.319 e. The minimum absolute atomic E-state index is 0.134. The molecular weight excluding hydrogens is 306 g/mol. The molecule has 0 bridgehead atoms. The number of para-hydroxylation sites is 2. The quantitative estimate of drug-likeness (QED) is 0.761. The molecule has 3 N–H and O–H groups in total. The van der Waals surface area contributed by atoms with Gasteiger partial charge in [0.2, 0.25) is 5.91 Å². The summed E-state index contributed by atoms with van der Waals surface area (Å²) in [6.45, 7) is 4.21. The van der Waals surface area contributed by atoms with Gasteiger partial charge in [0, 0.05) is 19.2 Å². The molecule has 2 aromatic rings. The number of carbonyl (C=O) groups is 2. The predicted octanol–water partition coefficient (Wildman–Crippen LogP) is 3.37. The fourth-order valence-corrected chi connectivity index (χ4v) is 2.16. The van der Waals surface area contributed by atoms with Gasteiger partial charge in [0.1, 0.15) is 5.75 Å². The summed E-state index contributed by atoms with van der Waals surface area (Å²) < 4.78 is 5.47. The van der Waals surface area contributed by atoms with Gasteiger partial charge < -0.3 is 20.7 Å². The number of hydrogen-bond donors (Lipinski definition) is 3. The summed E-state index contributed by atoms with van der Waals surface area (Å²) in [6.07, 6.45) is 0. The highest BCUT2D eigenvalue weighted by Gasteiger charge is 2.07. The number of carbonyl (C=O) groups excluding carboxylic acids is 2. The van der Waals surface area contributed by atoms with Crippen LogP contribution in [0.3, 0.4) is 0 Å². The van der Waals surface area contributed by atoms with Crippen molar-refractivity contribution in [2.24, 2.45) is 0 Å². The highest BCUT2D eigenvalue weighted by molar-refractivity contribution is 5.91. The van der Waals surface area contributed by atoms with Crippen LogP contribution in [0.5, 0.6) is 5.75 Å². The minimum Gasteiger partial charge on any atom is -0.492 e. The summed E-state index contributed by atoms with van der Waals surface area (Å²) in [7, 11) is 0. The second-order valence-corrected chi connectivity index (χ2v) is 5.12. The Labute approximate surface area is 141 Å². The summed E-state index contributed by atoms with van der Waals surface area (Å²) >= 11 is 0. The van der Waals surface area contributed by atoms with Gasteiger partial charge in [0.05, 0.1) is 12.3 Å². The van der Waals surface area contributed by atoms with Crippen LogP contribution in [0.1, 0.15) is 19.4 Å². The van der Waals surface area contributed by atoms with Crippen molar-refractivity contribution in [3.05, 3.63) is 54.1 Å². The van der Waals surface area contributed by atoms with Gasteiger partial charge in [-0.25, -0.2) is 4.79 Å². The largest absolute Gasteiger partial charge is 0.492 e. The van der Waals surface area contributed by atoms with Gasteiger partial charge >= 0.3 is 6.03 Å². The second-order valence-electron chi connectivity index (χ2n) is 5.12. The summed E-state index contributed by atoms with van der Waals surface area (Å²) in [6, 6.07) is 14.2. The number of amides is 3. The molecule has 0 aromatic heterocycles. The van der Waals surface area contributed by atoms with Gasteiger partial charge in [-0.15, -0.1) is 0 Å². The maximum atomic E-state index is 12.1. The predicted molar refractivity (Wildman–Crippen MR) is 94.2 cm³/mol. The molecule has 0 fully saturated rings. The molecule has 0 aliphatic heterocycles. The van der Waals surface area contributed by atoms with Crippen molar-refractivity contribution in [1.29, 1.82) is 0 Å². The van der Waals surface area contributed by atoms with Crippen LogP contribution in [0.15, 0.2) is 48.5 Å². The fourth-order valence-electron chi connectivity index (χ4n) is 2.16. The van der Waals surface area contributed by atoms with Gasteiger partial charge in [0.15, 0.2) is 0 Å². The molecule has 0 saturated carbocycles. The molecule has 6 nitrogen and oxygen atoms in total. The van der Waals surface area contributed by atoms with Crippen LogP contribution in [-0.4, -0.2) is 18.5 Å². The van der Waals surface area contributed by atoms with E-state index >= 15 is 0 Å². The third-order valence-corrected chi connectivity index (χ3v) is 3.14. The van der Waals surface area contributed by atoms with Gasteiger partial charge in [-0.1, -0.05) is 24.3 Å². The van der Waals surface area contributed by atoms with Crippen LogP contribution in [0.2, 0.25) is 0 Å². The van der Waals surface area contributed by atoms with Crippen molar-refractivity contribution in [2.45, 2.75) is 20.4 Å². The Balaban J connectivity index is 1.93. The number of anilines is 2. The third-order valence-electron chi connectivity index (χ3n) is 3.14. The lowest BCUT2D eigenvalue weighted by molar-refractivity contribution is -0.114. The topological polar surface area (TPSA) is 79.5 Å². The van der Waals surface area contributed by atoms with Crippen LogP contribution < -0.4 is 20.7 Å². The van der Waals surface area contributed by atoms with Crippen LogP contribution in [0.4, 0.5) is 16.2 Å². The van der Waals surface area contributed by atoms with Crippen LogP contribution in [-0.2, 0) is 11.3 Å². The third kappa shape index (κ3) is 5.31. The molecule has 126 valence electrons. The van der Waals surface area contributed by atoms with Gasteiger partial charge in [-0.05, 0) is 36.8 Å². The first-order chi connectivity index (χ1) is 11.6. The first-order valence-electron chi connectivity index (χ1n) is 7.71. The fraction of sp³-hybridized carbons (Fsp3) is 0.222. The molecule has 0 atom stereocenters. The van der Waals surface area contributed by atoms with E-state index < -0.39 is 0 Å². The molecule has 6 heteroatoms. The Bertz CT molecular complexity index is 716. The standard InChI is InChI=1S/C18H21N3O3/c1-3-24-17-10-5-4-9-16(17)21-18(23)19-12-14-7-6-8-15(11-14)20-13(2)22/h4-11H,3,12H2,1-2H3,(H,20,22)(H2,19,21,23). The molecule has 0 radical (unpaired) electrons. The number of ether oxygens (including phenoxy) is 1. The zero-order chi connectivity index (χ0) is 17.4. The molecule has 3 amide bonds. The Morgan fingerprint density at radius 3 is 2.58 bits per heavy atom. The molecule has 0 heterocycles. The van der Waals surface area contributed by atoms with Gasteiger partial charge in [-0.3, -0.25) is 4.79 Å². The molecule has 0 aliphatic rings. The van der Waals surface area contributed by atoms with E-state index in [1.165, 1.54) is 6.92 Å². The van der Waals surface area contributed by atoms with E-state index in [4.69, 9.17) is 4.74 Å². The Morgan fingerprint density at radius 2 is 1.83 bits per heavy atom. The maximum Gasteiger partial charge on any atom is 0.319 e. The Kier molecular flexibility index (Phi) is 6.19. The van der Waals surface area contributed by atoms with E-state index in [-0.39, 0.29) is 11.9 Å². The van der Waals surface area contributed by atoms with Gasteiger partial charge in [-0.2, -0.15) is 0 Å². The Hall–Kier alpha value is -3.02. The van der Waals surface area contributed by atoms with E-state index in [2.05, 4.69) is 16.0 Å². The monoisotopic (exact) mass is 327 g/mol. The Morgan fingerprint density at radius 1 is 1.04 bits per heavy atom. The summed E-state index contributed by atoms with van der Waals surface area (Å²) in [5.41, 5.74) is 2.20. The molecule has 2 rings (SSSR count). The van der Waals surface area contributed by atoms with Crippen molar-refractivity contribution in [3.63, 3.8) is 0 Å². The lowest BCUT2D eigenvalue weighted by Crippen LogP contribution is -2.28. The number of benzene rings is 2. The van der Waals surface area contributed by atoms with E-state index in [9.17, 15) is 9.59 Å². The summed E-state index contributed by atoms with van der Waals surface area (Å²) in [5, 5.41) is 8.26. The molecule has 0 saturated heterocycles. The average Bonchev–Trinajstić information content (AvgIpc) is 2.55. The summed E-state index contributed by atoms with van der Waals surface area (Å²) in [5.74, 6) is 0.494. The van der Waals surface area contributed by atoms with E-state index in [1.54, 1.807) is 18.2 Å². The van der Waals surface area contributed by atoms with Crippen molar-refractivity contribution < 1.29 is 14.3 Å². The summed E-state index contributed by atoms with van der Waals surface area (Å²) in [4.78, 5) is 23.1. The normalized spacial score (nSPS) is 9.92.